The second kappa shape index (κ2) is 7.70. The summed E-state index contributed by atoms with van der Waals surface area (Å²) in [6.07, 6.45) is -1.48. The largest absolute Gasteiger partial charge is 0.507 e. The Balaban J connectivity index is 1.79. The molecule has 1 amide bonds. The van der Waals surface area contributed by atoms with E-state index in [9.17, 15) is 33.0 Å². The summed E-state index contributed by atoms with van der Waals surface area (Å²) >= 11 is 0. The van der Waals surface area contributed by atoms with E-state index in [4.69, 9.17) is 4.74 Å². The highest BCUT2D eigenvalue weighted by Crippen LogP contribution is 2.35. The number of hydrogen-bond acceptors (Lipinski definition) is 5. The van der Waals surface area contributed by atoms with Crippen LogP contribution in [0.1, 0.15) is 17.3 Å². The number of esters is 1. The first-order valence-corrected chi connectivity index (χ1v) is 8.29. The van der Waals surface area contributed by atoms with Gasteiger partial charge < -0.3 is 20.3 Å². The number of anilines is 1. The zero-order valence-corrected chi connectivity index (χ0v) is 14.9. The lowest BCUT2D eigenvalue weighted by Gasteiger charge is -2.15. The van der Waals surface area contributed by atoms with Crippen LogP contribution in [0.2, 0.25) is 0 Å². The van der Waals surface area contributed by atoms with Crippen LogP contribution >= 0.6 is 0 Å². The Morgan fingerprint density at radius 3 is 2.34 bits per heavy atom. The fourth-order valence-corrected chi connectivity index (χ4v) is 2.63. The molecule has 0 heterocycles. The molecule has 0 saturated carbocycles. The van der Waals surface area contributed by atoms with Gasteiger partial charge in [0.05, 0.1) is 5.69 Å². The number of benzene rings is 3. The third-order valence-electron chi connectivity index (χ3n) is 4.16. The molecule has 0 aromatic heterocycles. The van der Waals surface area contributed by atoms with Crippen LogP contribution in [0, 0.1) is 17.5 Å². The van der Waals surface area contributed by atoms with Gasteiger partial charge >= 0.3 is 5.97 Å². The third-order valence-corrected chi connectivity index (χ3v) is 4.16. The maximum Gasteiger partial charge on any atom is 0.342 e. The predicted molar refractivity (Wildman–Crippen MR) is 97.1 cm³/mol. The molecule has 29 heavy (non-hydrogen) atoms. The van der Waals surface area contributed by atoms with Crippen LogP contribution in [0.4, 0.5) is 18.9 Å². The zero-order chi connectivity index (χ0) is 21.3. The minimum atomic E-state index is -1.76. The summed E-state index contributed by atoms with van der Waals surface area (Å²) in [7, 11) is 0. The van der Waals surface area contributed by atoms with Crippen molar-refractivity contribution in [1.82, 2.24) is 0 Å². The van der Waals surface area contributed by atoms with Crippen molar-refractivity contribution >= 4 is 28.3 Å². The number of phenolic OH excluding ortho intramolecular Hbond substituents is 2. The van der Waals surface area contributed by atoms with E-state index in [1.54, 1.807) is 12.1 Å². The molecule has 0 unspecified atom stereocenters. The number of phenols is 2. The summed E-state index contributed by atoms with van der Waals surface area (Å²) in [5.74, 6) is -7.68. The van der Waals surface area contributed by atoms with Crippen molar-refractivity contribution in [2.75, 3.05) is 5.32 Å². The highest BCUT2D eigenvalue weighted by atomic mass is 19.2. The number of fused-ring (bicyclic) bond motifs is 1. The highest BCUT2D eigenvalue weighted by Gasteiger charge is 2.24. The highest BCUT2D eigenvalue weighted by molar-refractivity contribution is 6.04. The number of amides is 1. The van der Waals surface area contributed by atoms with E-state index >= 15 is 0 Å². The number of nitrogens with one attached hydrogen (secondary N) is 1. The van der Waals surface area contributed by atoms with E-state index in [1.165, 1.54) is 12.1 Å². The Kier molecular flexibility index (Phi) is 5.31. The Labute approximate surface area is 162 Å². The monoisotopic (exact) mass is 405 g/mol. The first-order chi connectivity index (χ1) is 13.7. The minimum Gasteiger partial charge on any atom is -0.507 e. The molecule has 0 bridgehead atoms. The molecule has 0 aliphatic carbocycles. The van der Waals surface area contributed by atoms with Gasteiger partial charge in [0, 0.05) is 10.8 Å². The molecule has 3 N–H and O–H groups in total. The number of halogens is 3. The van der Waals surface area contributed by atoms with Crippen LogP contribution < -0.4 is 5.32 Å². The Hall–Kier alpha value is -3.75. The molecular formula is C20H14F3NO5. The van der Waals surface area contributed by atoms with Crippen molar-refractivity contribution in [3.8, 4) is 11.5 Å². The lowest BCUT2D eigenvalue weighted by atomic mass is 10.0. The van der Waals surface area contributed by atoms with Crippen molar-refractivity contribution in [2.24, 2.45) is 0 Å². The number of carbonyl (C=O) groups excluding carboxylic acids is 2. The number of hydrogen-bond donors (Lipinski definition) is 3. The van der Waals surface area contributed by atoms with E-state index < -0.39 is 46.9 Å². The SMILES string of the molecule is C[C@@H](OC(=O)c1cc(O)c2ccccc2c1O)C(=O)Nc1ccc(F)c(F)c1F. The molecule has 0 fully saturated rings. The number of aromatic hydroxyl groups is 2. The Morgan fingerprint density at radius 1 is 1.00 bits per heavy atom. The number of rotatable bonds is 4. The number of ether oxygens (including phenoxy) is 1. The van der Waals surface area contributed by atoms with Gasteiger partial charge in [-0.1, -0.05) is 24.3 Å². The molecule has 6 nitrogen and oxygen atoms in total. The van der Waals surface area contributed by atoms with E-state index in [-0.39, 0.29) is 16.7 Å². The minimum absolute atomic E-state index is 0.195. The van der Waals surface area contributed by atoms with Gasteiger partial charge in [0.2, 0.25) is 0 Å². The summed E-state index contributed by atoms with van der Waals surface area (Å²) in [5.41, 5.74) is -1.03. The molecule has 3 aromatic carbocycles. The van der Waals surface area contributed by atoms with Crippen molar-refractivity contribution in [3.05, 3.63) is 65.5 Å². The van der Waals surface area contributed by atoms with Gasteiger partial charge in [-0.25, -0.2) is 18.0 Å². The van der Waals surface area contributed by atoms with Crippen LogP contribution in [0.5, 0.6) is 11.5 Å². The second-order valence-corrected chi connectivity index (χ2v) is 6.10. The van der Waals surface area contributed by atoms with Crippen LogP contribution in [0.15, 0.2) is 42.5 Å². The van der Waals surface area contributed by atoms with Crippen LogP contribution in [0.25, 0.3) is 10.8 Å². The molecule has 0 spiro atoms. The average molecular weight is 405 g/mol. The van der Waals surface area contributed by atoms with Crippen LogP contribution in [-0.2, 0) is 9.53 Å². The molecule has 3 aromatic rings. The fourth-order valence-electron chi connectivity index (χ4n) is 2.63. The summed E-state index contributed by atoms with van der Waals surface area (Å²) in [6.45, 7) is 1.16. The first kappa shape index (κ1) is 20.0. The third kappa shape index (κ3) is 3.79. The van der Waals surface area contributed by atoms with Crippen molar-refractivity contribution in [2.45, 2.75) is 13.0 Å². The van der Waals surface area contributed by atoms with E-state index in [1.807, 2.05) is 5.32 Å². The molecule has 0 aliphatic rings. The maximum absolute atomic E-state index is 13.7. The van der Waals surface area contributed by atoms with Gasteiger partial charge in [-0.2, -0.15) is 0 Å². The average Bonchev–Trinajstić information content (AvgIpc) is 2.70. The molecule has 0 radical (unpaired) electrons. The van der Waals surface area contributed by atoms with Gasteiger partial charge in [0.15, 0.2) is 23.6 Å². The number of carbonyl (C=O) groups is 2. The van der Waals surface area contributed by atoms with Crippen LogP contribution in [-0.4, -0.2) is 28.2 Å². The van der Waals surface area contributed by atoms with Crippen molar-refractivity contribution in [1.29, 1.82) is 0 Å². The second-order valence-electron chi connectivity index (χ2n) is 6.10. The Bertz CT molecular complexity index is 1130. The standard InChI is InChI=1S/C20H14F3NO5/c1-9(19(27)24-14-7-6-13(21)16(22)17(14)23)29-20(28)12-8-15(25)10-4-2-3-5-11(10)18(12)26/h2-9,25-26H,1H3,(H,24,27)/t9-/m1/s1. The summed E-state index contributed by atoms with van der Waals surface area (Å²) < 4.78 is 44.8. The molecule has 9 heteroatoms. The quantitative estimate of drug-likeness (QED) is 0.348. The lowest BCUT2D eigenvalue weighted by Crippen LogP contribution is -2.30. The molecule has 150 valence electrons. The predicted octanol–water partition coefficient (Wildman–Crippen LogP) is 3.85. The molecular weight excluding hydrogens is 391 g/mol. The van der Waals surface area contributed by atoms with E-state index in [0.717, 1.165) is 19.1 Å². The van der Waals surface area contributed by atoms with Gasteiger partial charge in [-0.15, -0.1) is 0 Å². The van der Waals surface area contributed by atoms with E-state index in [2.05, 4.69) is 0 Å². The molecule has 0 aliphatic heterocycles. The molecule has 3 rings (SSSR count). The topological polar surface area (TPSA) is 95.9 Å². The van der Waals surface area contributed by atoms with Crippen molar-refractivity contribution in [3.63, 3.8) is 0 Å². The lowest BCUT2D eigenvalue weighted by molar-refractivity contribution is -0.123. The van der Waals surface area contributed by atoms with Gasteiger partial charge in [-0.3, -0.25) is 4.79 Å². The van der Waals surface area contributed by atoms with Gasteiger partial charge in [-0.05, 0) is 25.1 Å². The van der Waals surface area contributed by atoms with Gasteiger partial charge in [0.1, 0.15) is 17.1 Å². The summed E-state index contributed by atoms with van der Waals surface area (Å²) in [6, 6.07) is 8.65. The summed E-state index contributed by atoms with van der Waals surface area (Å²) in [4.78, 5) is 24.4. The van der Waals surface area contributed by atoms with Gasteiger partial charge in [0.25, 0.3) is 5.91 Å². The maximum atomic E-state index is 13.7. The molecule has 1 atom stereocenters. The first-order valence-electron chi connectivity index (χ1n) is 8.29. The Morgan fingerprint density at radius 2 is 1.66 bits per heavy atom. The van der Waals surface area contributed by atoms with Crippen LogP contribution in [0.3, 0.4) is 0 Å². The molecule has 0 saturated heterocycles. The zero-order valence-electron chi connectivity index (χ0n) is 14.9. The van der Waals surface area contributed by atoms with E-state index in [0.29, 0.717) is 11.5 Å². The smallest absolute Gasteiger partial charge is 0.342 e. The van der Waals surface area contributed by atoms with Crippen molar-refractivity contribution < 1.29 is 37.7 Å². The normalized spacial score (nSPS) is 11.9. The fraction of sp³-hybridized carbons (Fsp3) is 0.100. The summed E-state index contributed by atoms with van der Waals surface area (Å²) in [5, 5.41) is 22.8.